The standard InChI is InChI=1S/C10H12N4OS2/c1-4-5(2)17-9-7(4)8(12)13-10(14-9)16-3-6(11)15/h3H2,1-2H3,(H2,11,15)(H2,12,13,14). The number of aromatic nitrogens is 2. The van der Waals surface area contributed by atoms with Crippen molar-refractivity contribution in [1.29, 1.82) is 0 Å². The Morgan fingerprint density at radius 2 is 2.12 bits per heavy atom. The summed E-state index contributed by atoms with van der Waals surface area (Å²) in [5.74, 6) is 0.230. The Hall–Kier alpha value is -1.34. The largest absolute Gasteiger partial charge is 0.383 e. The molecular weight excluding hydrogens is 256 g/mol. The Kier molecular flexibility index (Phi) is 3.21. The molecule has 2 rings (SSSR count). The first kappa shape index (κ1) is 12.1. The number of anilines is 1. The minimum absolute atomic E-state index is 0.161. The second kappa shape index (κ2) is 4.50. The molecule has 0 saturated carbocycles. The van der Waals surface area contributed by atoms with Crippen LogP contribution in [0.4, 0.5) is 5.82 Å². The average Bonchev–Trinajstić information content (AvgIpc) is 2.52. The van der Waals surface area contributed by atoms with Crippen LogP contribution in [-0.2, 0) is 4.79 Å². The number of amides is 1. The second-order valence-electron chi connectivity index (χ2n) is 3.61. The summed E-state index contributed by atoms with van der Waals surface area (Å²) in [6.07, 6.45) is 0. The van der Waals surface area contributed by atoms with E-state index in [1.165, 1.54) is 16.6 Å². The van der Waals surface area contributed by atoms with E-state index in [2.05, 4.69) is 9.97 Å². The molecule has 0 atom stereocenters. The maximum absolute atomic E-state index is 10.7. The lowest BCUT2D eigenvalue weighted by atomic mass is 10.2. The number of nitrogen functional groups attached to an aromatic ring is 1. The van der Waals surface area contributed by atoms with Crippen LogP contribution in [0.2, 0.25) is 0 Å². The van der Waals surface area contributed by atoms with Gasteiger partial charge in [-0.2, -0.15) is 0 Å². The van der Waals surface area contributed by atoms with Crippen molar-refractivity contribution in [2.75, 3.05) is 11.5 Å². The van der Waals surface area contributed by atoms with Gasteiger partial charge in [-0.15, -0.1) is 11.3 Å². The lowest BCUT2D eigenvalue weighted by Crippen LogP contribution is -2.13. The van der Waals surface area contributed by atoms with Gasteiger partial charge in [0.25, 0.3) is 0 Å². The minimum Gasteiger partial charge on any atom is -0.383 e. The molecule has 0 aliphatic heterocycles. The summed E-state index contributed by atoms with van der Waals surface area (Å²) in [7, 11) is 0. The fourth-order valence-corrected chi connectivity index (χ4v) is 3.15. The molecule has 0 aliphatic carbocycles. The van der Waals surface area contributed by atoms with Crippen LogP contribution >= 0.6 is 23.1 Å². The summed E-state index contributed by atoms with van der Waals surface area (Å²) < 4.78 is 0. The number of thioether (sulfide) groups is 1. The highest BCUT2D eigenvalue weighted by Gasteiger charge is 2.13. The number of hydrogen-bond acceptors (Lipinski definition) is 6. The summed E-state index contributed by atoms with van der Waals surface area (Å²) in [4.78, 5) is 21.3. The highest BCUT2D eigenvalue weighted by atomic mass is 32.2. The van der Waals surface area contributed by atoms with E-state index in [1.54, 1.807) is 11.3 Å². The van der Waals surface area contributed by atoms with Crippen molar-refractivity contribution < 1.29 is 4.79 Å². The van der Waals surface area contributed by atoms with Crippen molar-refractivity contribution >= 4 is 45.0 Å². The van der Waals surface area contributed by atoms with Crippen molar-refractivity contribution in [2.24, 2.45) is 5.73 Å². The molecule has 2 aromatic heterocycles. The molecule has 0 aliphatic rings. The van der Waals surface area contributed by atoms with Crippen LogP contribution in [0.3, 0.4) is 0 Å². The number of rotatable bonds is 3. The normalized spacial score (nSPS) is 10.9. The number of carbonyl (C=O) groups excluding carboxylic acids is 1. The molecule has 5 nitrogen and oxygen atoms in total. The van der Waals surface area contributed by atoms with Crippen molar-refractivity contribution in [1.82, 2.24) is 9.97 Å². The first-order valence-corrected chi connectivity index (χ1v) is 6.73. The number of primary amides is 1. The summed E-state index contributed by atoms with van der Waals surface area (Å²) in [5, 5.41) is 1.41. The average molecular weight is 268 g/mol. The van der Waals surface area contributed by atoms with Gasteiger partial charge in [0.15, 0.2) is 5.16 Å². The van der Waals surface area contributed by atoms with Crippen molar-refractivity contribution in [3.05, 3.63) is 10.4 Å². The van der Waals surface area contributed by atoms with E-state index < -0.39 is 5.91 Å². The predicted molar refractivity (Wildman–Crippen MR) is 71.2 cm³/mol. The smallest absolute Gasteiger partial charge is 0.227 e. The SMILES string of the molecule is Cc1sc2nc(SCC(N)=O)nc(N)c2c1C. The third kappa shape index (κ3) is 2.34. The molecule has 0 unspecified atom stereocenters. The number of nitrogens with two attached hydrogens (primary N) is 2. The number of hydrogen-bond donors (Lipinski definition) is 2. The fourth-order valence-electron chi connectivity index (χ4n) is 1.46. The Morgan fingerprint density at radius 1 is 1.41 bits per heavy atom. The molecule has 17 heavy (non-hydrogen) atoms. The van der Waals surface area contributed by atoms with Crippen LogP contribution < -0.4 is 11.5 Å². The molecule has 4 N–H and O–H groups in total. The van der Waals surface area contributed by atoms with Gasteiger partial charge in [-0.1, -0.05) is 11.8 Å². The molecule has 7 heteroatoms. The Morgan fingerprint density at radius 3 is 2.76 bits per heavy atom. The van der Waals surface area contributed by atoms with Crippen LogP contribution in [0.25, 0.3) is 10.2 Å². The first-order valence-electron chi connectivity index (χ1n) is 4.93. The Balaban J connectivity index is 2.45. The fraction of sp³-hybridized carbons (Fsp3) is 0.300. The molecule has 1 amide bonds. The molecule has 0 bridgehead atoms. The van der Waals surface area contributed by atoms with E-state index in [4.69, 9.17) is 11.5 Å². The highest BCUT2D eigenvalue weighted by molar-refractivity contribution is 7.99. The molecule has 0 radical (unpaired) electrons. The van der Waals surface area contributed by atoms with E-state index in [9.17, 15) is 4.79 Å². The quantitative estimate of drug-likeness (QED) is 0.649. The van der Waals surface area contributed by atoms with Gasteiger partial charge in [-0.05, 0) is 19.4 Å². The first-order chi connectivity index (χ1) is 7.99. The summed E-state index contributed by atoms with van der Waals surface area (Å²) in [6, 6.07) is 0. The molecule has 2 heterocycles. The minimum atomic E-state index is -0.393. The lowest BCUT2D eigenvalue weighted by molar-refractivity contribution is -0.115. The van der Waals surface area contributed by atoms with E-state index in [-0.39, 0.29) is 5.75 Å². The van der Waals surface area contributed by atoms with Crippen LogP contribution in [0.15, 0.2) is 5.16 Å². The molecule has 0 aromatic carbocycles. The van der Waals surface area contributed by atoms with Crippen molar-refractivity contribution in [2.45, 2.75) is 19.0 Å². The van der Waals surface area contributed by atoms with Gasteiger partial charge in [-0.25, -0.2) is 9.97 Å². The molecule has 0 spiro atoms. The lowest BCUT2D eigenvalue weighted by Gasteiger charge is -2.01. The summed E-state index contributed by atoms with van der Waals surface area (Å²) in [6.45, 7) is 4.03. The van der Waals surface area contributed by atoms with Crippen molar-refractivity contribution in [3.63, 3.8) is 0 Å². The Bertz CT molecular complexity index is 593. The second-order valence-corrected chi connectivity index (χ2v) is 5.76. The van der Waals surface area contributed by atoms with Gasteiger partial charge in [0.1, 0.15) is 10.6 Å². The van der Waals surface area contributed by atoms with E-state index in [0.717, 1.165) is 15.8 Å². The number of fused-ring (bicyclic) bond motifs is 1. The van der Waals surface area contributed by atoms with E-state index >= 15 is 0 Å². The topological polar surface area (TPSA) is 94.9 Å². The van der Waals surface area contributed by atoms with Crippen LogP contribution in [0.5, 0.6) is 0 Å². The van der Waals surface area contributed by atoms with Gasteiger partial charge in [-0.3, -0.25) is 4.79 Å². The zero-order chi connectivity index (χ0) is 12.6. The third-order valence-electron chi connectivity index (χ3n) is 2.38. The molecule has 2 aromatic rings. The van der Waals surface area contributed by atoms with E-state index in [0.29, 0.717) is 11.0 Å². The van der Waals surface area contributed by atoms with Gasteiger partial charge in [0, 0.05) is 4.88 Å². The molecule has 90 valence electrons. The molecule has 0 fully saturated rings. The molecular formula is C10H12N4OS2. The van der Waals surface area contributed by atoms with Gasteiger partial charge in [0.2, 0.25) is 5.91 Å². The maximum atomic E-state index is 10.7. The summed E-state index contributed by atoms with van der Waals surface area (Å²) >= 11 is 2.78. The highest BCUT2D eigenvalue weighted by Crippen LogP contribution is 2.33. The zero-order valence-electron chi connectivity index (χ0n) is 9.48. The zero-order valence-corrected chi connectivity index (χ0v) is 11.1. The number of nitrogens with zero attached hydrogens (tertiary/aromatic N) is 2. The van der Waals surface area contributed by atoms with Gasteiger partial charge in [0.05, 0.1) is 11.1 Å². The summed E-state index contributed by atoms with van der Waals surface area (Å²) in [5.41, 5.74) is 12.1. The molecule has 0 saturated heterocycles. The van der Waals surface area contributed by atoms with Gasteiger partial charge < -0.3 is 11.5 Å². The van der Waals surface area contributed by atoms with Crippen LogP contribution in [0.1, 0.15) is 10.4 Å². The number of carbonyl (C=O) groups is 1. The number of thiophene rings is 1. The predicted octanol–water partition coefficient (Wildman–Crippen LogP) is 1.47. The van der Waals surface area contributed by atoms with Crippen LogP contribution in [0, 0.1) is 13.8 Å². The van der Waals surface area contributed by atoms with Crippen LogP contribution in [-0.4, -0.2) is 21.6 Å². The van der Waals surface area contributed by atoms with E-state index in [1.807, 2.05) is 13.8 Å². The maximum Gasteiger partial charge on any atom is 0.227 e. The monoisotopic (exact) mass is 268 g/mol. The van der Waals surface area contributed by atoms with Crippen molar-refractivity contribution in [3.8, 4) is 0 Å². The Labute approximate surface area is 107 Å². The third-order valence-corrected chi connectivity index (χ3v) is 4.35. The van der Waals surface area contributed by atoms with Gasteiger partial charge >= 0.3 is 0 Å². The number of aryl methyl sites for hydroxylation is 2.